The summed E-state index contributed by atoms with van der Waals surface area (Å²) >= 11 is 0. The molecule has 0 bridgehead atoms. The molecule has 1 aliphatic rings. The van der Waals surface area contributed by atoms with Gasteiger partial charge in [0.2, 0.25) is 0 Å². The maximum absolute atomic E-state index is 14.5. The highest BCUT2D eigenvalue weighted by molar-refractivity contribution is 6.04. The largest absolute Gasteiger partial charge is 0.369 e. The summed E-state index contributed by atoms with van der Waals surface area (Å²) in [5.41, 5.74) is 1.72. The van der Waals surface area contributed by atoms with Gasteiger partial charge >= 0.3 is 0 Å². The third-order valence-corrected chi connectivity index (χ3v) is 4.56. The summed E-state index contributed by atoms with van der Waals surface area (Å²) in [5, 5.41) is 5.79. The average molecular weight is 371 g/mol. The molecule has 2 aromatic heterocycles. The smallest absolute Gasteiger partial charge is 0.258 e. The highest BCUT2D eigenvalue weighted by atomic mass is 19.1. The number of carbonyl (C=O) groups excluding carboxylic acids is 1. The Bertz CT molecular complexity index is 1010. The third-order valence-electron chi connectivity index (χ3n) is 4.56. The minimum atomic E-state index is -0.630. The summed E-state index contributed by atoms with van der Waals surface area (Å²) in [5.74, 6) is -1.80. The maximum atomic E-state index is 14.5. The van der Waals surface area contributed by atoms with Crippen molar-refractivity contribution in [1.29, 1.82) is 0 Å². The number of aromatic nitrogens is 2. The number of hydrogen-bond donors (Lipinski definition) is 2. The Kier molecular flexibility index (Phi) is 4.49. The van der Waals surface area contributed by atoms with E-state index < -0.39 is 17.5 Å². The predicted molar refractivity (Wildman–Crippen MR) is 99.3 cm³/mol. The molecule has 8 heteroatoms. The molecule has 0 unspecified atom stereocenters. The Labute approximate surface area is 154 Å². The fourth-order valence-corrected chi connectivity index (χ4v) is 3.25. The molecule has 1 amide bonds. The van der Waals surface area contributed by atoms with Crippen molar-refractivity contribution in [2.45, 2.75) is 6.92 Å². The first-order valence-corrected chi connectivity index (χ1v) is 8.73. The molecule has 4 rings (SSSR count). The first-order valence-electron chi connectivity index (χ1n) is 8.73. The van der Waals surface area contributed by atoms with Crippen LogP contribution in [-0.2, 0) is 0 Å². The number of pyridine rings is 1. The SMILES string of the molecule is Cc1cn2cc(NC(=O)c3ccc(N4CCNCC4)cc3F)cc(F)c2n1. The minimum absolute atomic E-state index is 0.0869. The van der Waals surface area contributed by atoms with E-state index in [0.717, 1.165) is 31.9 Å². The lowest BCUT2D eigenvalue weighted by Gasteiger charge is -2.29. The highest BCUT2D eigenvalue weighted by Gasteiger charge is 2.17. The summed E-state index contributed by atoms with van der Waals surface area (Å²) < 4.78 is 30.1. The van der Waals surface area contributed by atoms with Crippen LogP contribution in [0.15, 0.2) is 36.7 Å². The fraction of sp³-hybridized carbons (Fsp3) is 0.263. The summed E-state index contributed by atoms with van der Waals surface area (Å²) in [6.45, 7) is 5.00. The summed E-state index contributed by atoms with van der Waals surface area (Å²) in [7, 11) is 0. The van der Waals surface area contributed by atoms with Crippen molar-refractivity contribution >= 4 is 22.9 Å². The minimum Gasteiger partial charge on any atom is -0.369 e. The highest BCUT2D eigenvalue weighted by Crippen LogP contribution is 2.21. The second-order valence-corrected chi connectivity index (χ2v) is 6.55. The zero-order chi connectivity index (χ0) is 19.0. The first-order chi connectivity index (χ1) is 13.0. The molecule has 2 N–H and O–H groups in total. The molecule has 0 atom stereocenters. The van der Waals surface area contributed by atoms with E-state index in [9.17, 15) is 13.6 Å². The molecular weight excluding hydrogens is 352 g/mol. The quantitative estimate of drug-likeness (QED) is 0.743. The summed E-state index contributed by atoms with van der Waals surface area (Å²) in [6, 6.07) is 5.72. The molecule has 1 saturated heterocycles. The normalized spacial score (nSPS) is 14.6. The van der Waals surface area contributed by atoms with Crippen molar-refractivity contribution in [1.82, 2.24) is 14.7 Å². The standard InChI is InChI=1S/C19H19F2N5O/c1-12-10-26-11-13(8-17(21)18(26)23-12)24-19(27)15-3-2-14(9-16(15)20)25-6-4-22-5-7-25/h2-3,8-11,22H,4-7H2,1H3,(H,24,27). The average Bonchev–Trinajstić information content (AvgIpc) is 3.03. The molecule has 1 fully saturated rings. The number of fused-ring (bicyclic) bond motifs is 1. The van der Waals surface area contributed by atoms with Gasteiger partial charge in [-0.3, -0.25) is 4.79 Å². The van der Waals surface area contributed by atoms with Crippen LogP contribution in [0.2, 0.25) is 0 Å². The molecular formula is C19H19F2N5O. The lowest BCUT2D eigenvalue weighted by molar-refractivity contribution is 0.102. The van der Waals surface area contributed by atoms with Crippen LogP contribution < -0.4 is 15.5 Å². The van der Waals surface area contributed by atoms with E-state index in [0.29, 0.717) is 5.69 Å². The second kappa shape index (κ2) is 6.96. The number of hydrogen-bond acceptors (Lipinski definition) is 4. The molecule has 0 radical (unpaired) electrons. The maximum Gasteiger partial charge on any atom is 0.258 e. The van der Waals surface area contributed by atoms with Crippen molar-refractivity contribution in [2.24, 2.45) is 0 Å². The van der Waals surface area contributed by atoms with Gasteiger partial charge in [-0.2, -0.15) is 0 Å². The molecule has 0 saturated carbocycles. The van der Waals surface area contributed by atoms with Gasteiger partial charge in [-0.05, 0) is 25.1 Å². The second-order valence-electron chi connectivity index (χ2n) is 6.55. The van der Waals surface area contributed by atoms with Gasteiger partial charge in [-0.15, -0.1) is 0 Å². The Morgan fingerprint density at radius 2 is 1.93 bits per heavy atom. The molecule has 27 heavy (non-hydrogen) atoms. The van der Waals surface area contributed by atoms with Crippen LogP contribution in [0.25, 0.3) is 5.65 Å². The monoisotopic (exact) mass is 371 g/mol. The van der Waals surface area contributed by atoms with Gasteiger partial charge in [0.25, 0.3) is 5.91 Å². The van der Waals surface area contributed by atoms with Crippen LogP contribution in [0, 0.1) is 18.6 Å². The molecule has 140 valence electrons. The summed E-state index contributed by atoms with van der Waals surface area (Å²) in [6.07, 6.45) is 3.19. The van der Waals surface area contributed by atoms with Gasteiger partial charge in [0, 0.05) is 50.3 Å². The van der Waals surface area contributed by atoms with E-state index in [1.807, 2.05) is 0 Å². The van der Waals surface area contributed by atoms with E-state index in [1.54, 1.807) is 25.4 Å². The molecule has 1 aromatic carbocycles. The molecule has 1 aliphatic heterocycles. The van der Waals surface area contributed by atoms with Crippen molar-refractivity contribution in [3.63, 3.8) is 0 Å². The third kappa shape index (κ3) is 3.48. The Morgan fingerprint density at radius 3 is 2.67 bits per heavy atom. The molecule has 0 aliphatic carbocycles. The number of nitrogens with one attached hydrogen (secondary N) is 2. The van der Waals surface area contributed by atoms with Gasteiger partial charge in [-0.25, -0.2) is 13.8 Å². The Hall–Kier alpha value is -3.00. The molecule has 0 spiro atoms. The van der Waals surface area contributed by atoms with Crippen LogP contribution in [0.5, 0.6) is 0 Å². The number of aryl methyl sites for hydroxylation is 1. The van der Waals surface area contributed by atoms with Crippen LogP contribution >= 0.6 is 0 Å². The lowest BCUT2D eigenvalue weighted by Crippen LogP contribution is -2.43. The van der Waals surface area contributed by atoms with Gasteiger partial charge in [0.05, 0.1) is 16.9 Å². The zero-order valence-corrected chi connectivity index (χ0v) is 14.8. The Balaban J connectivity index is 1.56. The van der Waals surface area contributed by atoms with E-state index in [4.69, 9.17) is 0 Å². The van der Waals surface area contributed by atoms with Crippen LogP contribution in [0.4, 0.5) is 20.2 Å². The first kappa shape index (κ1) is 17.4. The van der Waals surface area contributed by atoms with Crippen molar-refractivity contribution in [2.75, 3.05) is 36.4 Å². The lowest BCUT2D eigenvalue weighted by atomic mass is 10.1. The fourth-order valence-electron chi connectivity index (χ4n) is 3.25. The number of anilines is 2. The molecule has 6 nitrogen and oxygen atoms in total. The van der Waals surface area contributed by atoms with Gasteiger partial charge in [0.15, 0.2) is 11.5 Å². The number of carbonyl (C=O) groups is 1. The number of piperazine rings is 1. The van der Waals surface area contributed by atoms with E-state index in [2.05, 4.69) is 20.5 Å². The number of imidazole rings is 1. The van der Waals surface area contributed by atoms with Crippen molar-refractivity contribution in [3.8, 4) is 0 Å². The van der Waals surface area contributed by atoms with Crippen molar-refractivity contribution in [3.05, 3.63) is 59.6 Å². The van der Waals surface area contributed by atoms with E-state index in [1.165, 1.54) is 22.6 Å². The van der Waals surface area contributed by atoms with E-state index >= 15 is 0 Å². The van der Waals surface area contributed by atoms with Crippen LogP contribution in [0.3, 0.4) is 0 Å². The van der Waals surface area contributed by atoms with Crippen LogP contribution in [0.1, 0.15) is 16.1 Å². The molecule has 3 heterocycles. The zero-order valence-electron chi connectivity index (χ0n) is 14.8. The number of halogens is 2. The Morgan fingerprint density at radius 1 is 1.15 bits per heavy atom. The van der Waals surface area contributed by atoms with Gasteiger partial charge < -0.3 is 19.9 Å². The number of rotatable bonds is 3. The number of nitrogens with zero attached hydrogens (tertiary/aromatic N) is 3. The van der Waals surface area contributed by atoms with Gasteiger partial charge in [-0.1, -0.05) is 0 Å². The number of amides is 1. The molecule has 3 aromatic rings. The number of benzene rings is 1. The van der Waals surface area contributed by atoms with E-state index in [-0.39, 0.29) is 16.9 Å². The topological polar surface area (TPSA) is 61.7 Å². The van der Waals surface area contributed by atoms with Crippen LogP contribution in [-0.4, -0.2) is 41.5 Å². The summed E-state index contributed by atoms with van der Waals surface area (Å²) in [4.78, 5) is 18.6. The van der Waals surface area contributed by atoms with Gasteiger partial charge in [0.1, 0.15) is 5.82 Å². The predicted octanol–water partition coefficient (Wildman–Crippen LogP) is 2.58. The van der Waals surface area contributed by atoms with Crippen molar-refractivity contribution < 1.29 is 13.6 Å².